The van der Waals surface area contributed by atoms with Crippen molar-refractivity contribution in [1.29, 1.82) is 0 Å². The van der Waals surface area contributed by atoms with E-state index in [1.807, 2.05) is 0 Å². The van der Waals surface area contributed by atoms with Crippen molar-refractivity contribution >= 4 is 99.5 Å². The van der Waals surface area contributed by atoms with Crippen LogP contribution in [0.5, 0.6) is 5.75 Å². The summed E-state index contributed by atoms with van der Waals surface area (Å²) in [5.74, 6) is -4.34. The van der Waals surface area contributed by atoms with E-state index in [0.717, 1.165) is 76.7 Å². The largest absolute Gasteiger partial charge is 1.00 e. The summed E-state index contributed by atoms with van der Waals surface area (Å²) in [4.78, 5) is 77.5. The molecule has 0 unspecified atom stereocenters. The van der Waals surface area contributed by atoms with Crippen molar-refractivity contribution in [3.63, 3.8) is 0 Å². The van der Waals surface area contributed by atoms with Crippen molar-refractivity contribution in [3.05, 3.63) is 222 Å². The molecule has 20 nitrogen and oxygen atoms in total. The number of thioether (sulfide) groups is 1. The molecule has 0 fully saturated rings. The van der Waals surface area contributed by atoms with Crippen molar-refractivity contribution in [2.45, 2.75) is 56.0 Å². The summed E-state index contributed by atoms with van der Waals surface area (Å²) in [6, 6.07) is 18.8. The summed E-state index contributed by atoms with van der Waals surface area (Å²) in [5.41, 5.74) is 1.38. The number of alkyl halides is 12. The number of carbonyl (C=O) groups is 4. The van der Waals surface area contributed by atoms with Crippen molar-refractivity contribution < 1.29 is 170 Å². The number of hydrogen-bond donors (Lipinski definition) is 2. The fourth-order valence-corrected chi connectivity index (χ4v) is 11.6. The van der Waals surface area contributed by atoms with Crippen LogP contribution in [-0.2, 0) is 28.4 Å². The number of furan rings is 3. The summed E-state index contributed by atoms with van der Waals surface area (Å²) in [6.45, 7) is 5.09. The maximum absolute atomic E-state index is 13.5. The van der Waals surface area contributed by atoms with Gasteiger partial charge in [0.2, 0.25) is 20.9 Å². The van der Waals surface area contributed by atoms with Gasteiger partial charge in [-0.25, -0.2) is 55.9 Å². The van der Waals surface area contributed by atoms with Gasteiger partial charge in [0, 0.05) is 34.8 Å². The molecule has 0 aliphatic carbocycles. The summed E-state index contributed by atoms with van der Waals surface area (Å²) < 4.78 is 260. The number of carbonyl (C=O) groups excluding carboxylic acids is 4. The molecular weight excluding hydrogens is 1590 g/mol. The van der Waals surface area contributed by atoms with Crippen molar-refractivity contribution in [2.75, 3.05) is 45.6 Å². The zero-order valence-electron chi connectivity index (χ0n) is 60.4. The number of nitrogen functional groups attached to an aromatic ring is 1. The van der Waals surface area contributed by atoms with Crippen LogP contribution in [0.3, 0.4) is 0 Å². The summed E-state index contributed by atoms with van der Waals surface area (Å²) >= 11 is 4.68. The maximum atomic E-state index is 13.5. The standard InChI is InChI=1S/C21H15F4N3O4S.C21H15F4N3O2S.C20H14F4N4O2.C8H4F4O2.CH4S.K.H/c1-10-4-7-15(32-10)18-16-17(26-20(27-18)33(3,30)31)14(28(2)19(16)29)8-11-5-6-12(22)9-13(11)21(23,24)25;1-10-4-7-15(30-10)18-16-17(26-20(27-18)31-3)14(28(2)19(16)29)8-11-5-6-12(22)9-13(11)21(23,24)25;1-9-3-6-14(30-9)17-15-16(26-19(25)27-17)13(28(2)18(15)29)7-10-4-5-11(21)8-12(10)20(22,23)24;9-6-2-1-5(4-13)7(3-6)14-8(10,11)12;1-2;;/h4-9H,1-3H3;4-9H,1-3H3;3-8H,1-2H3,(H2,25,26,27);1-4H;2H,1H3;;/q;;;;;+1;-1/b2*14-8-;13-7-;;;;/i;;;;1D;;. The molecular formula is C71H53F16KN10O10S3. The SMILES string of the molecule is CSc1nc2c(c(-c3ccc(C)o3)n1)C(=O)N(C)/C2=C\c1ccc(F)cc1C(F)(F)F.Cc1ccc(-c2nc(N)nc3c2C(=O)N(C)/C3=C\c2ccc(F)cc2C(F)(F)F)o1.Cc1ccc(-c2nc(S(C)(=O)=O)nc3c2C(=O)N(C)/C3=C\c2ccc(F)cc2C(F)(F)F)o1.O=Cc1ccc(F)cc1OC(F)(F)F.[2H]CS.[H-].[K+]. The van der Waals surface area contributed by atoms with E-state index in [2.05, 4.69) is 47.3 Å². The second-order valence-corrected chi connectivity index (χ2v) is 25.9. The predicted octanol–water partition coefficient (Wildman–Crippen LogP) is 14.3. The van der Waals surface area contributed by atoms with Crippen LogP contribution in [0.25, 0.3) is 69.7 Å². The number of halogens is 16. The number of ether oxygens (including phenoxy) is 1. The first kappa shape index (κ1) is 85.0. The van der Waals surface area contributed by atoms with Gasteiger partial charge in [-0.1, -0.05) is 30.0 Å². The van der Waals surface area contributed by atoms with Gasteiger partial charge in [-0.3, -0.25) is 19.2 Å². The van der Waals surface area contributed by atoms with Crippen LogP contribution in [0, 0.1) is 44.0 Å². The molecule has 0 saturated carbocycles. The number of nitrogens with two attached hydrogens (primary N) is 1. The van der Waals surface area contributed by atoms with Crippen molar-refractivity contribution in [2.24, 2.45) is 0 Å². The van der Waals surface area contributed by atoms with Gasteiger partial charge in [0.25, 0.3) is 17.7 Å². The quantitative estimate of drug-likeness (QED) is 0.0322. The number of sulfone groups is 1. The van der Waals surface area contributed by atoms with Crippen LogP contribution in [0.1, 0.15) is 112 Å². The average molecular weight is 1650 g/mol. The van der Waals surface area contributed by atoms with E-state index in [9.17, 15) is 97.8 Å². The monoisotopic (exact) mass is 1650 g/mol. The predicted molar refractivity (Wildman–Crippen MR) is 371 cm³/mol. The zero-order chi connectivity index (χ0) is 82.1. The van der Waals surface area contributed by atoms with Gasteiger partial charge in [-0.2, -0.15) is 52.1 Å². The van der Waals surface area contributed by atoms with E-state index < -0.39 is 109 Å². The number of anilines is 1. The number of hydrogen-bond acceptors (Lipinski definition) is 19. The molecule has 40 heteroatoms. The van der Waals surface area contributed by atoms with Crippen LogP contribution in [0.2, 0.25) is 0 Å². The first-order chi connectivity index (χ1) is 51.8. The molecule has 0 saturated heterocycles. The molecule has 3 aliphatic rings. The number of nitrogens with zero attached hydrogens (tertiary/aromatic N) is 9. The van der Waals surface area contributed by atoms with Crippen LogP contribution in [-0.4, -0.2) is 123 Å². The first-order valence-corrected chi connectivity index (χ1v) is 34.5. The van der Waals surface area contributed by atoms with Gasteiger partial charge in [0.1, 0.15) is 80.5 Å². The summed E-state index contributed by atoms with van der Waals surface area (Å²) in [6.07, 6.45) is -13.1. The molecule has 6 aromatic heterocycles. The average Bonchev–Trinajstić information content (AvgIpc) is 1.61. The molecule has 0 radical (unpaired) electrons. The third-order valence-corrected chi connectivity index (χ3v) is 17.1. The molecule has 2 N–H and O–H groups in total. The molecule has 13 rings (SSSR count). The minimum atomic E-state index is -4.94. The minimum absolute atomic E-state index is 0. The Bertz CT molecular complexity index is 5560. The second-order valence-electron chi connectivity index (χ2n) is 23.2. The van der Waals surface area contributed by atoms with Crippen molar-refractivity contribution in [3.8, 4) is 40.1 Å². The van der Waals surface area contributed by atoms with Gasteiger partial charge in [0.05, 0.1) is 56.0 Å². The molecule has 3 aliphatic heterocycles. The summed E-state index contributed by atoms with van der Waals surface area (Å²) in [7, 11) is 0.151. The van der Waals surface area contributed by atoms with E-state index in [4.69, 9.17) is 20.4 Å². The second kappa shape index (κ2) is 33.9. The molecule has 578 valence electrons. The van der Waals surface area contributed by atoms with E-state index in [1.54, 1.807) is 57.4 Å². The van der Waals surface area contributed by atoms with Crippen LogP contribution in [0.4, 0.5) is 76.2 Å². The minimum Gasteiger partial charge on any atom is -1.00 e. The number of benzene rings is 4. The topological polar surface area (TPSA) is 264 Å². The van der Waals surface area contributed by atoms with E-state index in [-0.39, 0.29) is 167 Å². The van der Waals surface area contributed by atoms with Gasteiger partial charge >= 0.3 is 76.3 Å². The van der Waals surface area contributed by atoms with Crippen LogP contribution >= 0.6 is 24.4 Å². The molecule has 4 aromatic carbocycles. The molecule has 10 aromatic rings. The number of aryl methyl sites for hydroxylation is 3. The molecule has 0 bridgehead atoms. The van der Waals surface area contributed by atoms with E-state index in [0.29, 0.717) is 52.5 Å². The fourth-order valence-electron chi connectivity index (χ4n) is 10.8. The Kier molecular flexibility index (Phi) is 26.0. The Hall–Kier alpha value is -9.97. The van der Waals surface area contributed by atoms with Gasteiger partial charge in [0.15, 0.2) is 28.7 Å². The Morgan fingerprint density at radius 2 is 0.802 bits per heavy atom. The Morgan fingerprint density at radius 1 is 0.505 bits per heavy atom. The van der Waals surface area contributed by atoms with Gasteiger partial charge in [-0.15, -0.1) is 13.2 Å². The number of aldehydes is 1. The van der Waals surface area contributed by atoms with Gasteiger partial charge < -0.3 is 39.8 Å². The smallest absolute Gasteiger partial charge is 1.00 e. The van der Waals surface area contributed by atoms with E-state index >= 15 is 0 Å². The maximum Gasteiger partial charge on any atom is 1.00 e. The van der Waals surface area contributed by atoms with E-state index in [1.165, 1.54) is 49.9 Å². The Morgan fingerprint density at radius 3 is 1.12 bits per heavy atom. The van der Waals surface area contributed by atoms with Crippen LogP contribution < -0.4 is 61.9 Å². The van der Waals surface area contributed by atoms with Crippen LogP contribution in [0.15, 0.2) is 133 Å². The molecule has 111 heavy (non-hydrogen) atoms. The van der Waals surface area contributed by atoms with Gasteiger partial charge in [-0.05, 0) is 153 Å². The number of aromatic nitrogens is 6. The van der Waals surface area contributed by atoms with Crippen molar-refractivity contribution in [1.82, 2.24) is 44.6 Å². The zero-order valence-corrected chi connectivity index (χ0v) is 64.1. The number of fused-ring (bicyclic) bond motifs is 3. The summed E-state index contributed by atoms with van der Waals surface area (Å²) in [5, 5.41) is -0.304. The normalized spacial score (nSPS) is 14.5. The number of thiol groups is 1. The molecule has 3 amide bonds. The molecule has 0 atom stereocenters. The molecule has 9 heterocycles. The fraction of sp³-hybridized carbons (Fsp3) is 0.183. The first-order valence-electron chi connectivity index (χ1n) is 31.4. The Balaban J connectivity index is 0.000000211. The number of rotatable bonds is 10. The molecule has 0 spiro atoms. The third kappa shape index (κ3) is 19.5. The Labute approximate surface area is 673 Å². The third-order valence-electron chi connectivity index (χ3n) is 15.7. The number of amides is 3.